The van der Waals surface area contributed by atoms with Crippen molar-refractivity contribution in [3.63, 3.8) is 0 Å². The van der Waals surface area contributed by atoms with Crippen LogP contribution >= 0.6 is 0 Å². The number of nitrogens with zero attached hydrogens (tertiary/aromatic N) is 1. The highest BCUT2D eigenvalue weighted by atomic mass is 32.2. The number of aliphatic carboxylic acids is 1. The molecule has 0 amide bonds. The zero-order chi connectivity index (χ0) is 11.1. The topological polar surface area (TPSA) is 74.7 Å². The fourth-order valence-electron chi connectivity index (χ4n) is 1.95. The second kappa shape index (κ2) is 3.75. The van der Waals surface area contributed by atoms with Crippen molar-refractivity contribution in [1.29, 1.82) is 0 Å². The fraction of sp³-hybridized carbons (Fsp3) is 0.889. The van der Waals surface area contributed by atoms with Crippen LogP contribution in [0.25, 0.3) is 0 Å². The Morgan fingerprint density at radius 2 is 1.93 bits per heavy atom. The second-order valence-corrected chi connectivity index (χ2v) is 6.49. The number of carbonyl (C=O) groups is 1. The quantitative estimate of drug-likeness (QED) is 0.759. The van der Waals surface area contributed by atoms with E-state index in [2.05, 4.69) is 0 Å². The maximum atomic E-state index is 11.8. The van der Waals surface area contributed by atoms with Crippen LogP contribution in [-0.4, -0.2) is 42.1 Å². The molecular formula is C9H15NO4S. The zero-order valence-corrected chi connectivity index (χ0v) is 9.24. The van der Waals surface area contributed by atoms with E-state index in [4.69, 9.17) is 5.11 Å². The summed E-state index contributed by atoms with van der Waals surface area (Å²) in [7, 11) is -3.19. The number of carboxylic acid groups (broad SMARTS) is 1. The van der Waals surface area contributed by atoms with E-state index in [0.29, 0.717) is 19.4 Å². The van der Waals surface area contributed by atoms with Gasteiger partial charge in [0.2, 0.25) is 10.0 Å². The predicted octanol–water partition coefficient (Wildman–Crippen LogP) is 0.275. The summed E-state index contributed by atoms with van der Waals surface area (Å²) >= 11 is 0. The van der Waals surface area contributed by atoms with Crippen molar-refractivity contribution in [3.8, 4) is 0 Å². The van der Waals surface area contributed by atoms with Gasteiger partial charge in [-0.15, -0.1) is 0 Å². The van der Waals surface area contributed by atoms with Crippen LogP contribution in [0.3, 0.4) is 0 Å². The maximum Gasteiger partial charge on any atom is 0.307 e. The first kappa shape index (κ1) is 10.9. The summed E-state index contributed by atoms with van der Waals surface area (Å²) in [6, 6.07) is 0. The molecule has 1 aliphatic heterocycles. The van der Waals surface area contributed by atoms with Crippen LogP contribution in [0.1, 0.15) is 25.7 Å². The number of hydrogen-bond acceptors (Lipinski definition) is 3. The largest absolute Gasteiger partial charge is 0.481 e. The van der Waals surface area contributed by atoms with Crippen LogP contribution in [0.2, 0.25) is 0 Å². The van der Waals surface area contributed by atoms with E-state index in [1.54, 1.807) is 0 Å². The Bertz CT molecular complexity index is 360. The molecule has 0 unspecified atom stereocenters. The number of carboxylic acids is 1. The third-order valence-electron chi connectivity index (χ3n) is 3.04. The lowest BCUT2D eigenvalue weighted by Crippen LogP contribution is -2.43. The van der Waals surface area contributed by atoms with Gasteiger partial charge in [-0.1, -0.05) is 0 Å². The molecule has 1 aliphatic carbocycles. The minimum atomic E-state index is -3.19. The van der Waals surface area contributed by atoms with Crippen molar-refractivity contribution in [1.82, 2.24) is 4.31 Å². The van der Waals surface area contributed by atoms with Gasteiger partial charge in [0.05, 0.1) is 11.2 Å². The van der Waals surface area contributed by atoms with E-state index in [9.17, 15) is 13.2 Å². The molecule has 1 heterocycles. The highest BCUT2D eigenvalue weighted by Crippen LogP contribution is 2.33. The molecule has 0 bridgehead atoms. The lowest BCUT2D eigenvalue weighted by molar-refractivity contribution is -0.142. The number of piperidine rings is 1. The minimum Gasteiger partial charge on any atom is -0.481 e. The number of rotatable bonds is 3. The summed E-state index contributed by atoms with van der Waals surface area (Å²) in [5.41, 5.74) is 0. The molecule has 5 nitrogen and oxygen atoms in total. The van der Waals surface area contributed by atoms with Crippen molar-refractivity contribution in [2.24, 2.45) is 5.92 Å². The molecule has 1 N–H and O–H groups in total. The van der Waals surface area contributed by atoms with Gasteiger partial charge < -0.3 is 5.11 Å². The highest BCUT2D eigenvalue weighted by Gasteiger charge is 2.42. The lowest BCUT2D eigenvalue weighted by atomic mass is 10.0. The van der Waals surface area contributed by atoms with Crippen LogP contribution in [0.15, 0.2) is 0 Å². The van der Waals surface area contributed by atoms with E-state index in [0.717, 1.165) is 12.8 Å². The molecule has 1 atom stereocenters. The summed E-state index contributed by atoms with van der Waals surface area (Å²) < 4.78 is 25.1. The van der Waals surface area contributed by atoms with Crippen LogP contribution in [0.5, 0.6) is 0 Å². The van der Waals surface area contributed by atoms with Gasteiger partial charge in [-0.05, 0) is 25.7 Å². The number of hydrogen-bond donors (Lipinski definition) is 1. The third-order valence-corrected chi connectivity index (χ3v) is 5.40. The van der Waals surface area contributed by atoms with Crippen LogP contribution < -0.4 is 0 Å². The highest BCUT2D eigenvalue weighted by molar-refractivity contribution is 7.90. The molecule has 0 aromatic heterocycles. The molecule has 2 fully saturated rings. The Balaban J connectivity index is 2.07. The maximum absolute atomic E-state index is 11.8. The van der Waals surface area contributed by atoms with Crippen LogP contribution in [0.4, 0.5) is 0 Å². The molecule has 0 spiro atoms. The third kappa shape index (κ3) is 2.15. The predicted molar refractivity (Wildman–Crippen MR) is 53.9 cm³/mol. The summed E-state index contributed by atoms with van der Waals surface area (Å²) in [6.07, 6.45) is 2.71. The summed E-state index contributed by atoms with van der Waals surface area (Å²) in [5.74, 6) is -1.40. The number of sulfonamides is 1. The standard InChI is InChI=1S/C9H15NO4S/c11-9(12)7-2-1-5-10(6-7)15(13,14)8-3-4-8/h7-8H,1-6H2,(H,11,12)/t7-/m0/s1. The first-order valence-electron chi connectivity index (χ1n) is 5.23. The van der Waals surface area contributed by atoms with Crippen molar-refractivity contribution >= 4 is 16.0 Å². The van der Waals surface area contributed by atoms with Gasteiger partial charge in [0.15, 0.2) is 0 Å². The molecule has 2 rings (SSSR count). The van der Waals surface area contributed by atoms with Crippen molar-refractivity contribution in [2.45, 2.75) is 30.9 Å². The molecule has 0 radical (unpaired) electrons. The lowest BCUT2D eigenvalue weighted by Gasteiger charge is -2.29. The molecule has 6 heteroatoms. The second-order valence-electron chi connectivity index (χ2n) is 4.28. The summed E-state index contributed by atoms with van der Waals surface area (Å²) in [6.45, 7) is 0.650. The molecule has 0 aromatic carbocycles. The van der Waals surface area contributed by atoms with Crippen molar-refractivity contribution in [3.05, 3.63) is 0 Å². The van der Waals surface area contributed by atoms with Gasteiger partial charge in [0.25, 0.3) is 0 Å². The van der Waals surface area contributed by atoms with Gasteiger partial charge in [-0.25, -0.2) is 12.7 Å². The molecule has 1 saturated heterocycles. The average molecular weight is 233 g/mol. The van der Waals surface area contributed by atoms with E-state index in [1.807, 2.05) is 0 Å². The average Bonchev–Trinajstić information content (AvgIpc) is 3.01. The van der Waals surface area contributed by atoms with Gasteiger partial charge in [-0.2, -0.15) is 0 Å². The summed E-state index contributed by atoms with van der Waals surface area (Å²) in [4.78, 5) is 10.8. The first-order chi connectivity index (χ1) is 7.01. The Hall–Kier alpha value is -0.620. The molecule has 0 aromatic rings. The van der Waals surface area contributed by atoms with Gasteiger partial charge in [0, 0.05) is 13.1 Å². The Morgan fingerprint density at radius 3 is 2.47 bits per heavy atom. The molecule has 2 aliphatic rings. The van der Waals surface area contributed by atoms with Crippen molar-refractivity contribution in [2.75, 3.05) is 13.1 Å². The zero-order valence-electron chi connectivity index (χ0n) is 8.42. The Morgan fingerprint density at radius 1 is 1.27 bits per heavy atom. The molecule has 86 valence electrons. The van der Waals surface area contributed by atoms with Crippen LogP contribution in [-0.2, 0) is 14.8 Å². The molecular weight excluding hydrogens is 218 g/mol. The van der Waals surface area contributed by atoms with Crippen LogP contribution in [0, 0.1) is 5.92 Å². The normalized spacial score (nSPS) is 28.9. The van der Waals surface area contributed by atoms with E-state index in [-0.39, 0.29) is 11.8 Å². The fourth-order valence-corrected chi connectivity index (χ4v) is 3.88. The smallest absolute Gasteiger partial charge is 0.307 e. The summed E-state index contributed by atoms with van der Waals surface area (Å²) in [5, 5.41) is 8.62. The SMILES string of the molecule is O=C(O)[C@H]1CCCN(S(=O)(=O)C2CC2)C1. The Labute approximate surface area is 89.1 Å². The van der Waals surface area contributed by atoms with E-state index >= 15 is 0 Å². The van der Waals surface area contributed by atoms with E-state index < -0.39 is 21.9 Å². The minimum absolute atomic E-state index is 0.161. The van der Waals surface area contributed by atoms with E-state index in [1.165, 1.54) is 4.31 Å². The van der Waals surface area contributed by atoms with Gasteiger partial charge >= 0.3 is 5.97 Å². The van der Waals surface area contributed by atoms with Gasteiger partial charge in [-0.3, -0.25) is 4.79 Å². The van der Waals surface area contributed by atoms with Crippen molar-refractivity contribution < 1.29 is 18.3 Å². The monoisotopic (exact) mass is 233 g/mol. The molecule has 1 saturated carbocycles. The van der Waals surface area contributed by atoms with Gasteiger partial charge in [0.1, 0.15) is 0 Å². The Kier molecular flexibility index (Phi) is 2.72. The first-order valence-corrected chi connectivity index (χ1v) is 6.74. The molecule has 15 heavy (non-hydrogen) atoms.